The van der Waals surface area contributed by atoms with Crippen molar-refractivity contribution in [2.24, 2.45) is 0 Å². The summed E-state index contributed by atoms with van der Waals surface area (Å²) in [7, 11) is 0. The van der Waals surface area contributed by atoms with Crippen molar-refractivity contribution in [2.75, 3.05) is 30.2 Å². The fourth-order valence-electron chi connectivity index (χ4n) is 3.22. The van der Waals surface area contributed by atoms with Gasteiger partial charge < -0.3 is 25.0 Å². The van der Waals surface area contributed by atoms with Gasteiger partial charge in [-0.05, 0) is 18.6 Å². The minimum atomic E-state index is -0.557. The smallest absolute Gasteiger partial charge is 0.248 e. The molecule has 0 saturated carbocycles. The van der Waals surface area contributed by atoms with E-state index < -0.39 is 12.1 Å². The predicted octanol–water partition coefficient (Wildman–Crippen LogP) is 0.576. The largest absolute Gasteiger partial charge is 0.486 e. The molecule has 138 valence electrons. The maximum absolute atomic E-state index is 12.7. The highest BCUT2D eigenvalue weighted by molar-refractivity contribution is 7.99. The average molecular weight is 377 g/mol. The molecule has 0 aliphatic carbocycles. The second kappa shape index (κ2) is 7.06. The summed E-state index contributed by atoms with van der Waals surface area (Å²) in [5.74, 6) is 1.67. The number of ether oxygens (including phenoxy) is 2. The van der Waals surface area contributed by atoms with Crippen LogP contribution in [0.5, 0.6) is 11.5 Å². The topological polar surface area (TPSA) is 97.0 Å². The lowest BCUT2D eigenvalue weighted by Crippen LogP contribution is -2.50. The van der Waals surface area contributed by atoms with Crippen LogP contribution in [0.3, 0.4) is 0 Å². The normalized spacial score (nSPS) is 24.3. The highest BCUT2D eigenvalue weighted by Gasteiger charge is 2.39. The van der Waals surface area contributed by atoms with Crippen LogP contribution in [0.1, 0.15) is 12.8 Å². The SMILES string of the molecule is O=C1CC[C@@H](C(=O)N2CSC[C@H]2C(=O)Nc2ccc3c(c2)OCCO3)N1. The van der Waals surface area contributed by atoms with E-state index in [1.165, 1.54) is 11.8 Å². The third-order valence-corrected chi connectivity index (χ3v) is 5.58. The van der Waals surface area contributed by atoms with Gasteiger partial charge in [-0.2, -0.15) is 0 Å². The van der Waals surface area contributed by atoms with E-state index in [4.69, 9.17) is 9.47 Å². The number of benzene rings is 1. The van der Waals surface area contributed by atoms with Crippen LogP contribution >= 0.6 is 11.8 Å². The van der Waals surface area contributed by atoms with E-state index in [0.29, 0.717) is 54.9 Å². The number of hydrogen-bond donors (Lipinski definition) is 2. The monoisotopic (exact) mass is 377 g/mol. The molecule has 4 rings (SSSR count). The van der Waals surface area contributed by atoms with Crippen LogP contribution in [-0.2, 0) is 14.4 Å². The summed E-state index contributed by atoms with van der Waals surface area (Å²) in [4.78, 5) is 38.2. The van der Waals surface area contributed by atoms with E-state index in [2.05, 4.69) is 10.6 Å². The van der Waals surface area contributed by atoms with Gasteiger partial charge in [-0.3, -0.25) is 14.4 Å². The van der Waals surface area contributed by atoms with E-state index in [1.807, 2.05) is 0 Å². The Morgan fingerprint density at radius 2 is 2.04 bits per heavy atom. The first-order chi connectivity index (χ1) is 12.6. The van der Waals surface area contributed by atoms with Crippen molar-refractivity contribution < 1.29 is 23.9 Å². The number of carbonyl (C=O) groups excluding carboxylic acids is 3. The summed E-state index contributed by atoms with van der Waals surface area (Å²) in [6.07, 6.45) is 0.834. The molecule has 3 aliphatic heterocycles. The number of nitrogens with zero attached hydrogens (tertiary/aromatic N) is 1. The van der Waals surface area contributed by atoms with Crippen molar-refractivity contribution in [3.63, 3.8) is 0 Å². The molecule has 2 atom stereocenters. The minimum absolute atomic E-state index is 0.118. The van der Waals surface area contributed by atoms with Gasteiger partial charge in [0.2, 0.25) is 17.7 Å². The molecule has 2 saturated heterocycles. The van der Waals surface area contributed by atoms with Crippen LogP contribution in [0, 0.1) is 0 Å². The molecule has 2 N–H and O–H groups in total. The molecule has 26 heavy (non-hydrogen) atoms. The number of carbonyl (C=O) groups is 3. The van der Waals surface area contributed by atoms with Crippen molar-refractivity contribution >= 4 is 35.2 Å². The Morgan fingerprint density at radius 3 is 2.81 bits per heavy atom. The molecule has 3 aliphatic rings. The summed E-state index contributed by atoms with van der Waals surface area (Å²) >= 11 is 1.53. The van der Waals surface area contributed by atoms with Crippen LogP contribution in [0.4, 0.5) is 5.69 Å². The molecular formula is C17H19N3O5S. The van der Waals surface area contributed by atoms with Gasteiger partial charge in [-0.15, -0.1) is 11.8 Å². The number of nitrogens with one attached hydrogen (secondary N) is 2. The summed E-state index contributed by atoms with van der Waals surface area (Å²) in [5, 5.41) is 5.52. The van der Waals surface area contributed by atoms with Crippen molar-refractivity contribution in [1.82, 2.24) is 10.2 Å². The fourth-order valence-corrected chi connectivity index (χ4v) is 4.39. The Labute approximate surface area is 154 Å². The Kier molecular flexibility index (Phi) is 4.62. The van der Waals surface area contributed by atoms with Crippen molar-refractivity contribution in [3.05, 3.63) is 18.2 Å². The lowest BCUT2D eigenvalue weighted by molar-refractivity contribution is -0.138. The summed E-state index contributed by atoms with van der Waals surface area (Å²) in [5.41, 5.74) is 0.595. The molecule has 1 aromatic carbocycles. The third-order valence-electron chi connectivity index (χ3n) is 4.57. The molecule has 8 nitrogen and oxygen atoms in total. The minimum Gasteiger partial charge on any atom is -0.486 e. The Balaban J connectivity index is 1.43. The lowest BCUT2D eigenvalue weighted by Gasteiger charge is -2.26. The van der Waals surface area contributed by atoms with Crippen LogP contribution in [-0.4, -0.2) is 59.5 Å². The number of fused-ring (bicyclic) bond motifs is 1. The average Bonchev–Trinajstić information content (AvgIpc) is 3.30. The second-order valence-electron chi connectivity index (χ2n) is 6.33. The molecule has 2 fully saturated rings. The zero-order chi connectivity index (χ0) is 18.1. The Morgan fingerprint density at radius 1 is 1.23 bits per heavy atom. The summed E-state index contributed by atoms with van der Waals surface area (Å²) < 4.78 is 11.0. The van der Waals surface area contributed by atoms with Crippen molar-refractivity contribution in [2.45, 2.75) is 24.9 Å². The van der Waals surface area contributed by atoms with Gasteiger partial charge in [0.15, 0.2) is 11.5 Å². The molecule has 0 radical (unpaired) electrons. The maximum atomic E-state index is 12.7. The van der Waals surface area contributed by atoms with E-state index in [0.717, 1.165) is 0 Å². The molecular weight excluding hydrogens is 358 g/mol. The fraction of sp³-hybridized carbons (Fsp3) is 0.471. The zero-order valence-corrected chi connectivity index (χ0v) is 14.8. The standard InChI is InChI=1S/C17H19N3O5S/c21-15-4-2-11(19-15)17(23)20-9-26-8-12(20)16(22)18-10-1-3-13-14(7-10)25-6-5-24-13/h1,3,7,11-12H,2,4-6,8-9H2,(H,18,22)(H,19,21)/t11-,12-/m0/s1. The van der Waals surface area contributed by atoms with E-state index >= 15 is 0 Å². The van der Waals surface area contributed by atoms with Gasteiger partial charge in [0.25, 0.3) is 0 Å². The van der Waals surface area contributed by atoms with Crippen molar-refractivity contribution in [1.29, 1.82) is 0 Å². The highest BCUT2D eigenvalue weighted by atomic mass is 32.2. The second-order valence-corrected chi connectivity index (χ2v) is 7.33. The van der Waals surface area contributed by atoms with E-state index in [-0.39, 0.29) is 17.7 Å². The molecule has 0 spiro atoms. The molecule has 3 amide bonds. The summed E-state index contributed by atoms with van der Waals surface area (Å²) in [6.45, 7) is 0.978. The number of rotatable bonds is 3. The predicted molar refractivity (Wildman–Crippen MR) is 95.2 cm³/mol. The van der Waals surface area contributed by atoms with Gasteiger partial charge in [0.05, 0.1) is 5.88 Å². The first-order valence-electron chi connectivity index (χ1n) is 8.50. The van der Waals surface area contributed by atoms with Gasteiger partial charge in [0.1, 0.15) is 25.3 Å². The van der Waals surface area contributed by atoms with E-state index in [9.17, 15) is 14.4 Å². The maximum Gasteiger partial charge on any atom is 0.248 e. The number of amides is 3. The van der Waals surface area contributed by atoms with Gasteiger partial charge in [-0.1, -0.05) is 0 Å². The molecule has 9 heteroatoms. The molecule has 0 unspecified atom stereocenters. The Bertz CT molecular complexity index is 756. The van der Waals surface area contributed by atoms with Crippen LogP contribution < -0.4 is 20.1 Å². The van der Waals surface area contributed by atoms with Gasteiger partial charge >= 0.3 is 0 Å². The number of thioether (sulfide) groups is 1. The molecule has 0 aromatic heterocycles. The third kappa shape index (κ3) is 3.31. The Hall–Kier alpha value is -2.42. The quantitative estimate of drug-likeness (QED) is 0.800. The zero-order valence-electron chi connectivity index (χ0n) is 14.0. The van der Waals surface area contributed by atoms with Gasteiger partial charge in [0, 0.05) is 23.9 Å². The first-order valence-corrected chi connectivity index (χ1v) is 9.65. The lowest BCUT2D eigenvalue weighted by atomic mass is 10.1. The molecule has 3 heterocycles. The van der Waals surface area contributed by atoms with E-state index in [1.54, 1.807) is 23.1 Å². The van der Waals surface area contributed by atoms with Gasteiger partial charge in [-0.25, -0.2) is 0 Å². The first kappa shape index (κ1) is 17.0. The number of anilines is 1. The number of hydrogen-bond acceptors (Lipinski definition) is 6. The highest BCUT2D eigenvalue weighted by Crippen LogP contribution is 2.33. The molecule has 1 aromatic rings. The van der Waals surface area contributed by atoms with Crippen LogP contribution in [0.2, 0.25) is 0 Å². The van der Waals surface area contributed by atoms with Crippen LogP contribution in [0.15, 0.2) is 18.2 Å². The van der Waals surface area contributed by atoms with Crippen LogP contribution in [0.25, 0.3) is 0 Å². The molecule has 0 bridgehead atoms. The van der Waals surface area contributed by atoms with Crippen molar-refractivity contribution in [3.8, 4) is 11.5 Å². The summed E-state index contributed by atoms with van der Waals surface area (Å²) in [6, 6.07) is 4.14.